The van der Waals surface area contributed by atoms with Crippen molar-refractivity contribution >= 4 is 55.2 Å². The average molecular weight is 840 g/mol. The van der Waals surface area contributed by atoms with Crippen LogP contribution in [0.25, 0.3) is 77.5 Å². The number of hydrogen-bond donors (Lipinski definition) is 0. The molecule has 4 aliphatic rings. The summed E-state index contributed by atoms with van der Waals surface area (Å²) in [6.45, 7) is 4.92. The molecule has 0 radical (unpaired) electrons. The van der Waals surface area contributed by atoms with Gasteiger partial charge in [0.15, 0.2) is 0 Å². The van der Waals surface area contributed by atoms with E-state index in [9.17, 15) is 0 Å². The molecule has 0 bridgehead atoms. The molecule has 0 amide bonds. The first kappa shape index (κ1) is 38.8. The van der Waals surface area contributed by atoms with E-state index in [-0.39, 0.29) is 24.8 Å². The SMILES string of the molecule is CCC1=Cc2c(-c3c4ccccc4cc4ccccc34)cccc2[CH]1[Ti+2]1([CH]2C(CC)=Cc3c(-c4c5ccccc5cc5ccccc45)cccc32)[CH]2CCCC[CH]21.[Cl-].[Cl-]. The molecule has 1 saturated carbocycles. The van der Waals surface area contributed by atoms with Crippen molar-refractivity contribution < 1.29 is 41.4 Å². The summed E-state index contributed by atoms with van der Waals surface area (Å²) >= 11 is -2.83. The van der Waals surface area contributed by atoms with Crippen LogP contribution in [0.2, 0.25) is 8.45 Å². The van der Waals surface area contributed by atoms with Crippen molar-refractivity contribution in [3.8, 4) is 22.3 Å². The Morgan fingerprint density at radius 1 is 0.441 bits per heavy atom. The first-order chi connectivity index (χ1) is 28.2. The summed E-state index contributed by atoms with van der Waals surface area (Å²) in [5.74, 6) is 0. The van der Waals surface area contributed by atoms with Gasteiger partial charge in [0.05, 0.1) is 0 Å². The van der Waals surface area contributed by atoms with Crippen LogP contribution in [-0.4, -0.2) is 0 Å². The summed E-state index contributed by atoms with van der Waals surface area (Å²) < 4.78 is 3.07. The average Bonchev–Trinajstić information content (AvgIpc) is 3.52. The van der Waals surface area contributed by atoms with E-state index >= 15 is 0 Å². The van der Waals surface area contributed by atoms with E-state index in [0.29, 0.717) is 8.45 Å². The Balaban J connectivity index is 0.00000210. The summed E-state index contributed by atoms with van der Waals surface area (Å²) in [6.07, 6.45) is 13.4. The molecule has 59 heavy (non-hydrogen) atoms. The first-order valence-corrected chi connectivity index (χ1v) is 25.3. The molecule has 0 spiro atoms. The van der Waals surface area contributed by atoms with Crippen LogP contribution in [-0.2, 0) is 16.6 Å². The number of rotatable bonds is 6. The molecule has 3 heteroatoms. The second-order valence-corrected chi connectivity index (χ2v) is 24.8. The van der Waals surface area contributed by atoms with E-state index in [0.717, 1.165) is 21.3 Å². The number of halogens is 2. The van der Waals surface area contributed by atoms with Gasteiger partial charge in [0.1, 0.15) is 0 Å². The van der Waals surface area contributed by atoms with Crippen molar-refractivity contribution in [1.82, 2.24) is 0 Å². The summed E-state index contributed by atoms with van der Waals surface area (Å²) in [7, 11) is 0. The molecule has 4 unspecified atom stereocenters. The Morgan fingerprint density at radius 3 is 1.15 bits per heavy atom. The van der Waals surface area contributed by atoms with Gasteiger partial charge in [0, 0.05) is 0 Å². The van der Waals surface area contributed by atoms with Crippen LogP contribution >= 0.6 is 0 Å². The van der Waals surface area contributed by atoms with Gasteiger partial charge in [0.2, 0.25) is 0 Å². The van der Waals surface area contributed by atoms with Gasteiger partial charge in [0.25, 0.3) is 0 Å². The zero-order valence-electron chi connectivity index (χ0n) is 33.8. The maximum absolute atomic E-state index is 2.83. The molecule has 4 atom stereocenters. The van der Waals surface area contributed by atoms with Crippen LogP contribution in [0.15, 0.2) is 157 Å². The number of allylic oxidation sites excluding steroid dienone is 2. The number of benzene rings is 8. The summed E-state index contributed by atoms with van der Waals surface area (Å²) in [4.78, 5) is 0. The third kappa shape index (κ3) is 5.53. The minimum Gasteiger partial charge on any atom is -1.00 e. The van der Waals surface area contributed by atoms with Gasteiger partial charge >= 0.3 is 342 Å². The maximum atomic E-state index is 2.72. The fourth-order valence-electron chi connectivity index (χ4n) is 13.0. The van der Waals surface area contributed by atoms with E-state index in [2.05, 4.69) is 172 Å². The molecule has 290 valence electrons. The van der Waals surface area contributed by atoms with E-state index in [4.69, 9.17) is 0 Å². The van der Waals surface area contributed by atoms with Crippen molar-refractivity contribution in [1.29, 1.82) is 0 Å². The van der Waals surface area contributed by atoms with Crippen molar-refractivity contribution in [2.75, 3.05) is 0 Å². The van der Waals surface area contributed by atoms with Crippen LogP contribution in [0.1, 0.15) is 83.1 Å². The van der Waals surface area contributed by atoms with Crippen molar-refractivity contribution in [3.63, 3.8) is 0 Å². The van der Waals surface area contributed by atoms with Gasteiger partial charge in [-0.25, -0.2) is 0 Å². The largest absolute Gasteiger partial charge is 1.00 e. The fourth-order valence-corrected chi connectivity index (χ4v) is 27.4. The number of fused-ring (bicyclic) bond motifs is 7. The Labute approximate surface area is 364 Å². The molecule has 8 aromatic carbocycles. The molecule has 2 fully saturated rings. The van der Waals surface area contributed by atoms with Gasteiger partial charge in [-0.1, -0.05) is 0 Å². The van der Waals surface area contributed by atoms with Gasteiger partial charge in [-0.15, -0.1) is 0 Å². The quantitative estimate of drug-likeness (QED) is 0.116. The first-order valence-electron chi connectivity index (χ1n) is 21.7. The van der Waals surface area contributed by atoms with Crippen molar-refractivity contribution in [3.05, 3.63) is 179 Å². The third-order valence-corrected chi connectivity index (χ3v) is 26.0. The summed E-state index contributed by atoms with van der Waals surface area (Å²) in [6, 6.07) is 56.0. The molecule has 1 heterocycles. The van der Waals surface area contributed by atoms with E-state index in [1.54, 1.807) is 22.3 Å². The van der Waals surface area contributed by atoms with E-state index < -0.39 is 16.6 Å². The van der Waals surface area contributed by atoms with Gasteiger partial charge in [-0.3, -0.25) is 0 Å². The zero-order valence-corrected chi connectivity index (χ0v) is 36.9. The molecule has 1 aliphatic heterocycles. The Morgan fingerprint density at radius 2 is 0.797 bits per heavy atom. The Kier molecular flexibility index (Phi) is 9.81. The smallest absolute Gasteiger partial charge is 1.00 e. The predicted molar refractivity (Wildman–Crippen MR) is 242 cm³/mol. The topological polar surface area (TPSA) is 0 Å². The summed E-state index contributed by atoms with van der Waals surface area (Å²) in [5, 5.41) is 10.8. The second-order valence-electron chi connectivity index (χ2n) is 17.5. The third-order valence-electron chi connectivity index (χ3n) is 15.1. The van der Waals surface area contributed by atoms with Gasteiger partial charge in [-0.05, 0) is 0 Å². The standard InChI is InChI=1S/2C25H19.C6H10.2ClH.Ti/c2*1-2-17-14-18-10-7-13-23(24(18)15-17)25-21-11-5-3-8-19(21)16-20-9-4-6-12-22(20)25;1-2-4-6-5-3-1;;;/h2*3-16H,2H2,1H3;1-2H,3-6H2;2*1H;/q;;;;;+2/p-2. The van der Waals surface area contributed by atoms with Gasteiger partial charge in [-0.2, -0.15) is 0 Å². The minimum absolute atomic E-state index is 0. The molecule has 8 aromatic rings. The molecular formula is C56H48Cl2Ti. The Hall–Kier alpha value is -4.43. The predicted octanol–water partition coefficient (Wildman–Crippen LogP) is 10.4. The van der Waals surface area contributed by atoms with E-state index in [1.165, 1.54) is 102 Å². The van der Waals surface area contributed by atoms with Crippen LogP contribution in [0, 0.1) is 0 Å². The van der Waals surface area contributed by atoms with Gasteiger partial charge < -0.3 is 24.8 Å². The van der Waals surface area contributed by atoms with Crippen LogP contribution < -0.4 is 24.8 Å². The molecular weight excluding hydrogens is 791 g/mol. The molecule has 12 rings (SSSR count). The second kappa shape index (κ2) is 14.9. The van der Waals surface area contributed by atoms with Crippen molar-refractivity contribution in [2.24, 2.45) is 0 Å². The number of hydrogen-bond acceptors (Lipinski definition) is 0. The molecule has 0 aromatic heterocycles. The maximum Gasteiger partial charge on any atom is -1.00 e. The zero-order chi connectivity index (χ0) is 37.8. The molecule has 0 N–H and O–H groups in total. The van der Waals surface area contributed by atoms with E-state index in [1.807, 2.05) is 0 Å². The Bertz CT molecular complexity index is 2730. The van der Waals surface area contributed by atoms with Crippen LogP contribution in [0.5, 0.6) is 0 Å². The van der Waals surface area contributed by atoms with Crippen LogP contribution in [0.4, 0.5) is 0 Å². The monoisotopic (exact) mass is 838 g/mol. The molecule has 1 saturated heterocycles. The summed E-state index contributed by atoms with van der Waals surface area (Å²) in [5.41, 5.74) is 15.5. The minimum atomic E-state index is -2.83. The van der Waals surface area contributed by atoms with Crippen LogP contribution in [0.3, 0.4) is 0 Å². The molecule has 0 nitrogen and oxygen atoms in total. The fraction of sp³-hybridized carbons (Fsp3) is 0.214. The molecule has 3 aliphatic carbocycles. The normalized spacial score (nSPS) is 21.5. The van der Waals surface area contributed by atoms with Crippen molar-refractivity contribution in [2.45, 2.75) is 69.3 Å².